The third-order valence-corrected chi connectivity index (χ3v) is 8.76. The molecular weight excluding hydrogens is 492 g/mol. The van der Waals surface area contributed by atoms with E-state index in [4.69, 9.17) is 0 Å². The molecule has 4 nitrogen and oxygen atoms in total. The predicted molar refractivity (Wildman–Crippen MR) is 153 cm³/mol. The van der Waals surface area contributed by atoms with E-state index in [0.29, 0.717) is 12.8 Å². The lowest BCUT2D eigenvalue weighted by Crippen LogP contribution is -2.33. The Hall–Kier alpha value is -3.44. The highest BCUT2D eigenvalue weighted by molar-refractivity contribution is 7.15. The summed E-state index contributed by atoms with van der Waals surface area (Å²) in [5.74, 6) is -1.05. The normalized spacial score (nSPS) is 19.4. The zero-order chi connectivity index (χ0) is 27.2. The Morgan fingerprint density at radius 1 is 0.632 bits per heavy atom. The molecule has 1 heterocycles. The first-order chi connectivity index (χ1) is 17.9. The highest BCUT2D eigenvalue weighted by atomic mass is 32.1. The van der Waals surface area contributed by atoms with E-state index < -0.39 is 5.92 Å². The lowest BCUT2D eigenvalue weighted by Gasteiger charge is -2.36. The summed E-state index contributed by atoms with van der Waals surface area (Å²) in [6, 6.07) is 22.4. The lowest BCUT2D eigenvalue weighted by molar-refractivity contribution is -0.119. The van der Waals surface area contributed by atoms with Gasteiger partial charge in [0.25, 0.3) is 0 Å². The average molecular weight is 527 g/mol. The van der Waals surface area contributed by atoms with Crippen molar-refractivity contribution in [1.82, 2.24) is 0 Å². The minimum atomic E-state index is -0.774. The van der Waals surface area contributed by atoms with E-state index in [0.717, 1.165) is 26.4 Å². The van der Waals surface area contributed by atoms with Gasteiger partial charge in [-0.1, -0.05) is 82.3 Å². The van der Waals surface area contributed by atoms with E-state index in [9.17, 15) is 19.8 Å². The maximum absolute atomic E-state index is 13.4. The largest absolute Gasteiger partial charge is 0.512 e. The van der Waals surface area contributed by atoms with Crippen molar-refractivity contribution >= 4 is 22.9 Å². The molecule has 5 rings (SSSR count). The highest BCUT2D eigenvalue weighted by Gasteiger charge is 2.44. The minimum Gasteiger partial charge on any atom is -0.512 e. The topological polar surface area (TPSA) is 74.6 Å². The number of ketones is 2. The summed E-state index contributed by atoms with van der Waals surface area (Å²) in [5, 5.41) is 22.2. The molecule has 0 fully saturated rings. The third-order valence-electron chi connectivity index (χ3n) is 7.56. The standard InChI is InChI=1S/C33H34O4S/c1-32(2)16-23(34)29(24(35)17-32)31(30-25(36)18-33(3,4)19-26(30)37)28-15-14-27(38-28)22-12-10-21(11-13-22)20-8-6-5-7-9-20/h5-15,31,34,36H,16-19H2,1-4H3. The van der Waals surface area contributed by atoms with E-state index in [1.165, 1.54) is 11.3 Å². The Kier molecular flexibility index (Phi) is 6.68. The van der Waals surface area contributed by atoms with Crippen LogP contribution in [0.5, 0.6) is 0 Å². The lowest BCUT2D eigenvalue weighted by atomic mass is 9.68. The maximum atomic E-state index is 13.4. The Balaban J connectivity index is 1.58. The van der Waals surface area contributed by atoms with Crippen LogP contribution in [0.1, 0.15) is 64.2 Å². The number of carbonyl (C=O) groups excluding carboxylic acids is 2. The quantitative estimate of drug-likeness (QED) is 0.349. The first kappa shape index (κ1) is 26.2. The molecule has 0 saturated heterocycles. The summed E-state index contributed by atoms with van der Waals surface area (Å²) in [4.78, 5) is 28.6. The molecule has 2 N–H and O–H groups in total. The molecule has 3 aromatic rings. The maximum Gasteiger partial charge on any atom is 0.163 e. The van der Waals surface area contributed by atoms with Gasteiger partial charge in [0, 0.05) is 46.6 Å². The number of aliphatic hydroxyl groups is 2. The second-order valence-corrected chi connectivity index (χ2v) is 13.3. The molecule has 2 aliphatic rings. The van der Waals surface area contributed by atoms with Crippen molar-refractivity contribution in [2.75, 3.05) is 0 Å². The fourth-order valence-corrected chi connectivity index (χ4v) is 6.94. The molecule has 0 unspecified atom stereocenters. The van der Waals surface area contributed by atoms with Gasteiger partial charge in [-0.2, -0.15) is 0 Å². The number of rotatable bonds is 5. The Bertz CT molecular complexity index is 1400. The first-order valence-electron chi connectivity index (χ1n) is 13.1. The molecule has 0 atom stereocenters. The van der Waals surface area contributed by atoms with Crippen molar-refractivity contribution in [3.63, 3.8) is 0 Å². The van der Waals surface area contributed by atoms with Crippen LogP contribution in [0.3, 0.4) is 0 Å². The summed E-state index contributed by atoms with van der Waals surface area (Å²) in [6.07, 6.45) is 1.29. The second kappa shape index (κ2) is 9.70. The summed E-state index contributed by atoms with van der Waals surface area (Å²) in [7, 11) is 0. The van der Waals surface area contributed by atoms with Gasteiger partial charge in [-0.05, 0) is 39.7 Å². The second-order valence-electron chi connectivity index (χ2n) is 12.2. The van der Waals surface area contributed by atoms with Gasteiger partial charge in [-0.3, -0.25) is 9.59 Å². The van der Waals surface area contributed by atoms with Crippen molar-refractivity contribution in [1.29, 1.82) is 0 Å². The van der Waals surface area contributed by atoms with Crippen LogP contribution in [0, 0.1) is 10.8 Å². The zero-order valence-corrected chi connectivity index (χ0v) is 23.2. The third kappa shape index (κ3) is 5.12. The smallest absolute Gasteiger partial charge is 0.163 e. The van der Waals surface area contributed by atoms with Gasteiger partial charge >= 0.3 is 0 Å². The fourth-order valence-electron chi connectivity index (χ4n) is 5.81. The molecule has 0 saturated carbocycles. The van der Waals surface area contributed by atoms with Crippen molar-refractivity contribution in [2.24, 2.45) is 10.8 Å². The van der Waals surface area contributed by atoms with Gasteiger partial charge in [-0.15, -0.1) is 11.3 Å². The molecule has 0 spiro atoms. The molecule has 0 radical (unpaired) electrons. The molecule has 0 bridgehead atoms. The van der Waals surface area contributed by atoms with E-state index in [1.807, 2.05) is 58.0 Å². The summed E-state index contributed by atoms with van der Waals surface area (Å²) < 4.78 is 0. The number of aliphatic hydroxyl groups excluding tert-OH is 2. The van der Waals surface area contributed by atoms with Crippen LogP contribution < -0.4 is 0 Å². The van der Waals surface area contributed by atoms with E-state index in [2.05, 4.69) is 36.4 Å². The fraction of sp³-hybridized carbons (Fsp3) is 0.333. The Morgan fingerprint density at radius 3 is 1.61 bits per heavy atom. The Labute approximate surface area is 228 Å². The average Bonchev–Trinajstić information content (AvgIpc) is 3.31. The zero-order valence-electron chi connectivity index (χ0n) is 22.4. The minimum absolute atomic E-state index is 0.0244. The molecule has 0 aliphatic heterocycles. The monoisotopic (exact) mass is 526 g/mol. The van der Waals surface area contributed by atoms with Gasteiger partial charge in [-0.25, -0.2) is 0 Å². The number of allylic oxidation sites excluding steroid dienone is 4. The summed E-state index contributed by atoms with van der Waals surface area (Å²) >= 11 is 1.50. The number of hydrogen-bond donors (Lipinski definition) is 2. The molecule has 0 amide bonds. The molecule has 1 aromatic heterocycles. The van der Waals surface area contributed by atoms with Gasteiger partial charge in [0.15, 0.2) is 11.6 Å². The van der Waals surface area contributed by atoms with Crippen LogP contribution in [0.15, 0.2) is 89.4 Å². The van der Waals surface area contributed by atoms with Crippen LogP contribution in [-0.2, 0) is 9.59 Å². The van der Waals surface area contributed by atoms with Gasteiger partial charge in [0.05, 0.1) is 5.92 Å². The van der Waals surface area contributed by atoms with Crippen LogP contribution in [0.2, 0.25) is 0 Å². The highest BCUT2D eigenvalue weighted by Crippen LogP contribution is 2.49. The van der Waals surface area contributed by atoms with Crippen LogP contribution in [0.25, 0.3) is 21.6 Å². The van der Waals surface area contributed by atoms with Crippen molar-refractivity contribution in [3.05, 3.63) is 94.3 Å². The number of benzene rings is 2. The Morgan fingerprint density at radius 2 is 1.11 bits per heavy atom. The van der Waals surface area contributed by atoms with Crippen LogP contribution in [-0.4, -0.2) is 21.8 Å². The van der Waals surface area contributed by atoms with Gasteiger partial charge in [0.1, 0.15) is 11.5 Å². The van der Waals surface area contributed by atoms with Crippen LogP contribution >= 0.6 is 11.3 Å². The predicted octanol–water partition coefficient (Wildman–Crippen LogP) is 8.57. The van der Waals surface area contributed by atoms with Gasteiger partial charge in [0.2, 0.25) is 0 Å². The number of Topliss-reactive ketones (excluding diaryl/α,β-unsaturated/α-hetero) is 2. The molecule has 38 heavy (non-hydrogen) atoms. The van der Waals surface area contributed by atoms with Crippen LogP contribution in [0.4, 0.5) is 0 Å². The molecule has 5 heteroatoms. The molecule has 2 aliphatic carbocycles. The van der Waals surface area contributed by atoms with Crippen molar-refractivity contribution in [3.8, 4) is 21.6 Å². The number of hydrogen-bond acceptors (Lipinski definition) is 5. The summed E-state index contributed by atoms with van der Waals surface area (Å²) in [5.41, 5.74) is 3.10. The van der Waals surface area contributed by atoms with E-state index in [-0.39, 0.29) is 57.9 Å². The molecule has 196 valence electrons. The van der Waals surface area contributed by atoms with E-state index in [1.54, 1.807) is 0 Å². The van der Waals surface area contributed by atoms with Gasteiger partial charge < -0.3 is 10.2 Å². The first-order valence-corrected chi connectivity index (χ1v) is 13.9. The van der Waals surface area contributed by atoms with E-state index >= 15 is 0 Å². The molecule has 2 aromatic carbocycles. The summed E-state index contributed by atoms with van der Waals surface area (Å²) in [6.45, 7) is 7.83. The van der Waals surface area contributed by atoms with Crippen molar-refractivity contribution < 1.29 is 19.8 Å². The molecular formula is C33H34O4S. The number of carbonyl (C=O) groups is 2. The number of thiophene rings is 1. The van der Waals surface area contributed by atoms with Crippen molar-refractivity contribution in [2.45, 2.75) is 59.3 Å². The SMILES string of the molecule is CC1(C)CC(=O)C(C(C2=C(O)CC(C)(C)CC2=O)c2ccc(-c3ccc(-c4ccccc4)cc3)s2)=C(O)C1.